The van der Waals surface area contributed by atoms with E-state index in [0.29, 0.717) is 23.8 Å². The van der Waals surface area contributed by atoms with Crippen LogP contribution in [-0.2, 0) is 24.1 Å². The van der Waals surface area contributed by atoms with Crippen molar-refractivity contribution < 1.29 is 14.3 Å². The number of nitrogens with one attached hydrogen (secondary N) is 2. The Morgan fingerprint density at radius 2 is 1.86 bits per heavy atom. The van der Waals surface area contributed by atoms with E-state index in [1.807, 2.05) is 31.2 Å². The van der Waals surface area contributed by atoms with E-state index in [-0.39, 0.29) is 5.97 Å². The molecule has 0 aliphatic heterocycles. The number of carbonyl (C=O) groups is 1. The molecule has 0 saturated heterocycles. The number of hydrogen-bond acceptors (Lipinski definition) is 5. The number of thiophene rings is 1. The molecule has 0 amide bonds. The molecule has 0 fully saturated rings. The number of thiocarbonyl (C=S) groups is 1. The number of anilines is 1. The number of methoxy groups -OCH3 is 1. The zero-order valence-corrected chi connectivity index (χ0v) is 18.6. The van der Waals surface area contributed by atoms with Gasteiger partial charge in [-0.15, -0.1) is 11.3 Å². The highest BCUT2D eigenvalue weighted by molar-refractivity contribution is 7.80. The zero-order valence-electron chi connectivity index (χ0n) is 17.0. The average Bonchev–Trinajstić information content (AvgIpc) is 3.03. The first-order chi connectivity index (χ1) is 14.1. The summed E-state index contributed by atoms with van der Waals surface area (Å²) < 4.78 is 10.5. The standard InChI is InChI=1S/C22H28N2O3S2/c1-3-27-21(25)19-17-8-6-4-5-7-9-18(17)29-20(19)24-22(28)23-14-15-10-12-16(26-2)13-11-15/h10-13H,3-9,14H2,1-2H3,(H2,23,24,28). The van der Waals surface area contributed by atoms with Gasteiger partial charge < -0.3 is 20.1 Å². The Kier molecular flexibility index (Phi) is 7.89. The molecule has 2 N–H and O–H groups in total. The van der Waals surface area contributed by atoms with Gasteiger partial charge in [0, 0.05) is 11.4 Å². The van der Waals surface area contributed by atoms with E-state index >= 15 is 0 Å². The summed E-state index contributed by atoms with van der Waals surface area (Å²) in [6.45, 7) is 2.79. The van der Waals surface area contributed by atoms with E-state index in [0.717, 1.165) is 47.6 Å². The van der Waals surface area contributed by atoms with E-state index in [1.165, 1.54) is 17.7 Å². The van der Waals surface area contributed by atoms with Gasteiger partial charge in [0.05, 0.1) is 19.3 Å². The number of hydrogen-bond donors (Lipinski definition) is 2. The van der Waals surface area contributed by atoms with Gasteiger partial charge in [0.1, 0.15) is 10.8 Å². The number of ether oxygens (including phenoxy) is 2. The van der Waals surface area contributed by atoms with Crippen molar-refractivity contribution in [1.82, 2.24) is 5.32 Å². The largest absolute Gasteiger partial charge is 0.497 e. The van der Waals surface area contributed by atoms with Crippen molar-refractivity contribution in [2.75, 3.05) is 19.0 Å². The van der Waals surface area contributed by atoms with Crippen LogP contribution in [0.2, 0.25) is 0 Å². The summed E-state index contributed by atoms with van der Waals surface area (Å²) in [4.78, 5) is 14.0. The van der Waals surface area contributed by atoms with Crippen molar-refractivity contribution in [3.05, 3.63) is 45.8 Å². The number of rotatable bonds is 6. The lowest BCUT2D eigenvalue weighted by Crippen LogP contribution is -2.28. The number of carbonyl (C=O) groups excluding carboxylic acids is 1. The lowest BCUT2D eigenvalue weighted by atomic mass is 9.96. The maximum absolute atomic E-state index is 12.7. The SMILES string of the molecule is CCOC(=O)c1c(NC(=S)NCc2ccc(OC)cc2)sc2c1CCCCCC2. The second-order valence-electron chi connectivity index (χ2n) is 7.00. The van der Waals surface area contributed by atoms with Crippen LogP contribution < -0.4 is 15.4 Å². The number of benzene rings is 1. The summed E-state index contributed by atoms with van der Waals surface area (Å²) >= 11 is 7.13. The lowest BCUT2D eigenvalue weighted by Gasteiger charge is -2.13. The Bertz CT molecular complexity index is 846. The fourth-order valence-corrected chi connectivity index (χ4v) is 5.02. The Labute approximate surface area is 181 Å². The minimum Gasteiger partial charge on any atom is -0.497 e. The van der Waals surface area contributed by atoms with Crippen molar-refractivity contribution in [3.63, 3.8) is 0 Å². The minimum atomic E-state index is -0.258. The van der Waals surface area contributed by atoms with Crippen LogP contribution in [0.4, 0.5) is 5.00 Å². The van der Waals surface area contributed by atoms with E-state index in [9.17, 15) is 4.79 Å². The highest BCUT2D eigenvalue weighted by Crippen LogP contribution is 2.37. The Morgan fingerprint density at radius 3 is 2.55 bits per heavy atom. The molecule has 0 saturated carbocycles. The predicted octanol–water partition coefficient (Wildman–Crippen LogP) is 5.08. The first-order valence-electron chi connectivity index (χ1n) is 10.1. The molecule has 1 aliphatic rings. The third-order valence-corrected chi connectivity index (χ3v) is 6.44. The fraction of sp³-hybridized carbons (Fsp3) is 0.455. The van der Waals surface area contributed by atoms with Gasteiger partial charge in [-0.1, -0.05) is 25.0 Å². The highest BCUT2D eigenvalue weighted by atomic mass is 32.1. The topological polar surface area (TPSA) is 59.6 Å². The van der Waals surface area contributed by atoms with Crippen molar-refractivity contribution in [2.24, 2.45) is 0 Å². The second-order valence-corrected chi connectivity index (χ2v) is 8.51. The third-order valence-electron chi connectivity index (χ3n) is 4.99. The molecule has 1 aromatic heterocycles. The van der Waals surface area contributed by atoms with Gasteiger partial charge in [0.25, 0.3) is 0 Å². The number of fused-ring (bicyclic) bond motifs is 1. The van der Waals surface area contributed by atoms with Crippen molar-refractivity contribution in [1.29, 1.82) is 0 Å². The molecule has 0 bridgehead atoms. The molecule has 1 aromatic carbocycles. The van der Waals surface area contributed by atoms with Gasteiger partial charge in [-0.2, -0.15) is 0 Å². The van der Waals surface area contributed by atoms with Crippen molar-refractivity contribution in [2.45, 2.75) is 52.0 Å². The Morgan fingerprint density at radius 1 is 1.14 bits per heavy atom. The minimum absolute atomic E-state index is 0.258. The van der Waals surface area contributed by atoms with E-state index in [4.69, 9.17) is 21.7 Å². The van der Waals surface area contributed by atoms with Crippen LogP contribution in [-0.4, -0.2) is 24.8 Å². The summed E-state index contributed by atoms with van der Waals surface area (Å²) in [5.74, 6) is 0.565. The van der Waals surface area contributed by atoms with Gasteiger partial charge >= 0.3 is 5.97 Å². The molecular weight excluding hydrogens is 404 g/mol. The second kappa shape index (κ2) is 10.6. The molecule has 7 heteroatoms. The molecule has 29 heavy (non-hydrogen) atoms. The molecule has 3 rings (SSSR count). The van der Waals surface area contributed by atoms with E-state index < -0.39 is 0 Å². The van der Waals surface area contributed by atoms with Gasteiger partial charge in [-0.05, 0) is 68.1 Å². The average molecular weight is 433 g/mol. The van der Waals surface area contributed by atoms with Crippen LogP contribution in [0.1, 0.15) is 59.0 Å². The normalized spacial score (nSPS) is 13.6. The summed E-state index contributed by atoms with van der Waals surface area (Å²) in [5, 5.41) is 7.77. The van der Waals surface area contributed by atoms with Gasteiger partial charge in [0.2, 0.25) is 0 Å². The summed E-state index contributed by atoms with van der Waals surface area (Å²) in [7, 11) is 1.65. The monoisotopic (exact) mass is 432 g/mol. The predicted molar refractivity (Wildman–Crippen MR) is 122 cm³/mol. The number of aryl methyl sites for hydroxylation is 1. The van der Waals surface area contributed by atoms with Crippen LogP contribution in [0.15, 0.2) is 24.3 Å². The third kappa shape index (κ3) is 5.70. The lowest BCUT2D eigenvalue weighted by molar-refractivity contribution is 0.0526. The van der Waals surface area contributed by atoms with Crippen molar-refractivity contribution in [3.8, 4) is 5.75 Å². The molecule has 0 unspecified atom stereocenters. The maximum atomic E-state index is 12.7. The smallest absolute Gasteiger partial charge is 0.341 e. The van der Waals surface area contributed by atoms with Crippen LogP contribution in [0.25, 0.3) is 0 Å². The first kappa shape index (κ1) is 21.6. The van der Waals surface area contributed by atoms with Crippen LogP contribution in [0.5, 0.6) is 5.75 Å². The Balaban J connectivity index is 1.73. The summed E-state index contributed by atoms with van der Waals surface area (Å²) in [6.07, 6.45) is 6.66. The number of esters is 1. The molecule has 1 aliphatic carbocycles. The van der Waals surface area contributed by atoms with Gasteiger partial charge in [-0.3, -0.25) is 0 Å². The van der Waals surface area contributed by atoms with Gasteiger partial charge in [-0.25, -0.2) is 4.79 Å². The Hall–Kier alpha value is -2.12. The van der Waals surface area contributed by atoms with Crippen molar-refractivity contribution >= 4 is 39.6 Å². The molecule has 2 aromatic rings. The fourth-order valence-electron chi connectivity index (χ4n) is 3.50. The van der Waals surface area contributed by atoms with Crippen LogP contribution in [0.3, 0.4) is 0 Å². The molecule has 156 valence electrons. The molecule has 0 radical (unpaired) electrons. The van der Waals surface area contributed by atoms with E-state index in [1.54, 1.807) is 18.4 Å². The quantitative estimate of drug-likeness (QED) is 0.490. The van der Waals surface area contributed by atoms with Gasteiger partial charge in [0.15, 0.2) is 5.11 Å². The molecule has 0 spiro atoms. The van der Waals surface area contributed by atoms with Crippen LogP contribution in [0, 0.1) is 0 Å². The maximum Gasteiger partial charge on any atom is 0.341 e. The summed E-state index contributed by atoms with van der Waals surface area (Å²) in [6, 6.07) is 7.84. The highest BCUT2D eigenvalue weighted by Gasteiger charge is 2.25. The van der Waals surface area contributed by atoms with Crippen LogP contribution >= 0.6 is 23.6 Å². The zero-order chi connectivity index (χ0) is 20.6. The molecular formula is C22H28N2O3S2. The molecule has 0 atom stereocenters. The van der Waals surface area contributed by atoms with E-state index in [2.05, 4.69) is 10.6 Å². The summed E-state index contributed by atoms with van der Waals surface area (Å²) in [5.41, 5.74) is 2.91. The first-order valence-corrected chi connectivity index (χ1v) is 11.3. The molecule has 5 nitrogen and oxygen atoms in total. The molecule has 1 heterocycles.